The molecule has 0 saturated heterocycles. The van der Waals surface area contributed by atoms with E-state index in [0.29, 0.717) is 22.4 Å². The zero-order valence-corrected chi connectivity index (χ0v) is 14.9. The van der Waals surface area contributed by atoms with Crippen molar-refractivity contribution in [2.24, 2.45) is 0 Å². The summed E-state index contributed by atoms with van der Waals surface area (Å²) < 4.78 is 6.28. The number of ether oxygens (including phenoxy) is 1. The first-order valence-corrected chi connectivity index (χ1v) is 8.55. The number of halogens is 1. The zero-order chi connectivity index (χ0) is 17.6. The van der Waals surface area contributed by atoms with Gasteiger partial charge in [-0.15, -0.1) is 0 Å². The summed E-state index contributed by atoms with van der Waals surface area (Å²) in [6.45, 7) is -0.0609. The van der Waals surface area contributed by atoms with Crippen LogP contribution in [0.4, 0.5) is 0 Å². The average molecular weight is 395 g/mol. The van der Waals surface area contributed by atoms with Crippen LogP contribution in [-0.2, 0) is 0 Å². The fourth-order valence-electron chi connectivity index (χ4n) is 2.37. The van der Waals surface area contributed by atoms with E-state index >= 15 is 0 Å². The van der Waals surface area contributed by atoms with E-state index < -0.39 is 0 Å². The summed E-state index contributed by atoms with van der Waals surface area (Å²) in [5.41, 5.74) is 1.80. The molecule has 0 atom stereocenters. The molecule has 0 heterocycles. The molecule has 0 spiro atoms. The van der Waals surface area contributed by atoms with E-state index in [9.17, 15) is 9.59 Å². The highest BCUT2D eigenvalue weighted by Crippen LogP contribution is 2.18. The number of carbonyl (C=O) groups is 2. The predicted octanol–water partition coefficient (Wildman–Crippen LogP) is 4.94. The molecule has 124 valence electrons. The summed E-state index contributed by atoms with van der Waals surface area (Å²) in [5, 5.41) is 0. The Morgan fingerprint density at radius 3 is 2.04 bits per heavy atom. The van der Waals surface area contributed by atoms with Gasteiger partial charge in [-0.25, -0.2) is 0 Å². The molecule has 0 saturated carbocycles. The van der Waals surface area contributed by atoms with Gasteiger partial charge in [0.15, 0.2) is 12.4 Å². The summed E-state index contributed by atoms with van der Waals surface area (Å²) in [6.07, 6.45) is 0. The minimum atomic E-state index is -0.114. The Morgan fingerprint density at radius 1 is 0.760 bits per heavy atom. The largest absolute Gasteiger partial charge is 0.485 e. The lowest BCUT2D eigenvalue weighted by Crippen LogP contribution is -2.12. The third-order valence-corrected chi connectivity index (χ3v) is 4.39. The fourth-order valence-corrected chi connectivity index (χ4v) is 2.88. The molecule has 3 aromatic carbocycles. The summed E-state index contributed by atoms with van der Waals surface area (Å²) in [7, 11) is 0. The average Bonchev–Trinajstić information content (AvgIpc) is 2.67. The molecule has 0 aliphatic heterocycles. The molecule has 3 rings (SSSR count). The van der Waals surface area contributed by atoms with Gasteiger partial charge >= 0.3 is 0 Å². The fraction of sp³-hybridized carbons (Fsp3) is 0.0476. The summed E-state index contributed by atoms with van der Waals surface area (Å²) in [4.78, 5) is 24.5. The molecule has 0 radical (unpaired) electrons. The van der Waals surface area contributed by atoms with E-state index in [-0.39, 0.29) is 18.2 Å². The van der Waals surface area contributed by atoms with Gasteiger partial charge in [0.25, 0.3) is 0 Å². The topological polar surface area (TPSA) is 43.4 Å². The minimum Gasteiger partial charge on any atom is -0.485 e. The van der Waals surface area contributed by atoms with Crippen LogP contribution in [-0.4, -0.2) is 18.2 Å². The van der Waals surface area contributed by atoms with E-state index in [4.69, 9.17) is 4.74 Å². The van der Waals surface area contributed by atoms with Crippen LogP contribution >= 0.6 is 15.9 Å². The summed E-state index contributed by atoms with van der Waals surface area (Å²) >= 11 is 3.36. The van der Waals surface area contributed by atoms with Gasteiger partial charge in [0.05, 0.1) is 0 Å². The molecule has 0 unspecified atom stereocenters. The van der Waals surface area contributed by atoms with Gasteiger partial charge in [-0.05, 0) is 30.3 Å². The van der Waals surface area contributed by atoms with E-state index in [2.05, 4.69) is 15.9 Å². The Kier molecular flexibility index (Phi) is 5.41. The number of benzene rings is 3. The first kappa shape index (κ1) is 17.1. The maximum atomic E-state index is 12.3. The molecule has 0 bridgehead atoms. The van der Waals surface area contributed by atoms with E-state index in [1.165, 1.54) is 0 Å². The molecule has 3 aromatic rings. The standard InChI is InChI=1S/C21H15BrO3/c22-19-9-5-4-8-18(19)20(23)14-25-17-12-10-16(11-13-17)21(24)15-6-2-1-3-7-15/h1-13H,14H2. The quantitative estimate of drug-likeness (QED) is 0.556. The van der Waals surface area contributed by atoms with Crippen LogP contribution < -0.4 is 4.74 Å². The Morgan fingerprint density at radius 2 is 1.36 bits per heavy atom. The lowest BCUT2D eigenvalue weighted by atomic mass is 10.0. The van der Waals surface area contributed by atoms with Crippen molar-refractivity contribution in [1.82, 2.24) is 0 Å². The van der Waals surface area contributed by atoms with Crippen LogP contribution in [0.2, 0.25) is 0 Å². The lowest BCUT2D eigenvalue weighted by molar-refractivity contribution is 0.0920. The molecule has 25 heavy (non-hydrogen) atoms. The number of hydrogen-bond donors (Lipinski definition) is 0. The number of ketones is 2. The van der Waals surface area contributed by atoms with Crippen molar-refractivity contribution in [3.8, 4) is 5.75 Å². The van der Waals surface area contributed by atoms with Gasteiger partial charge in [-0.2, -0.15) is 0 Å². The number of Topliss-reactive ketones (excluding diaryl/α,β-unsaturated/α-hetero) is 1. The molecule has 0 N–H and O–H groups in total. The molecule has 0 aliphatic carbocycles. The van der Waals surface area contributed by atoms with Crippen molar-refractivity contribution in [1.29, 1.82) is 0 Å². The van der Waals surface area contributed by atoms with Crippen molar-refractivity contribution >= 4 is 27.5 Å². The van der Waals surface area contributed by atoms with Crippen LogP contribution in [0.1, 0.15) is 26.3 Å². The second kappa shape index (κ2) is 7.90. The van der Waals surface area contributed by atoms with Crippen LogP contribution in [0.15, 0.2) is 83.3 Å². The van der Waals surface area contributed by atoms with Gasteiger partial charge < -0.3 is 4.74 Å². The second-order valence-electron chi connectivity index (χ2n) is 5.41. The molecule has 3 nitrogen and oxygen atoms in total. The van der Waals surface area contributed by atoms with Crippen LogP contribution in [0, 0.1) is 0 Å². The SMILES string of the molecule is O=C(c1ccccc1)c1ccc(OCC(=O)c2ccccc2Br)cc1. The third-order valence-electron chi connectivity index (χ3n) is 3.70. The lowest BCUT2D eigenvalue weighted by Gasteiger charge is -2.08. The van der Waals surface area contributed by atoms with Crippen molar-refractivity contribution in [3.63, 3.8) is 0 Å². The van der Waals surface area contributed by atoms with Crippen molar-refractivity contribution in [2.75, 3.05) is 6.61 Å². The van der Waals surface area contributed by atoms with Gasteiger partial charge in [0.1, 0.15) is 5.75 Å². The van der Waals surface area contributed by atoms with E-state index in [0.717, 1.165) is 4.47 Å². The number of carbonyl (C=O) groups excluding carboxylic acids is 2. The van der Waals surface area contributed by atoms with E-state index in [1.54, 1.807) is 42.5 Å². The highest BCUT2D eigenvalue weighted by Gasteiger charge is 2.11. The maximum absolute atomic E-state index is 12.3. The Bertz CT molecular complexity index is 887. The first-order valence-electron chi connectivity index (χ1n) is 7.75. The highest BCUT2D eigenvalue weighted by atomic mass is 79.9. The van der Waals surface area contributed by atoms with Gasteiger partial charge in [-0.1, -0.05) is 64.5 Å². The molecule has 0 aliphatic rings. The van der Waals surface area contributed by atoms with Gasteiger partial charge in [0, 0.05) is 21.2 Å². The molecule has 0 aromatic heterocycles. The normalized spacial score (nSPS) is 10.3. The predicted molar refractivity (Wildman–Crippen MR) is 100 cm³/mol. The van der Waals surface area contributed by atoms with Crippen molar-refractivity contribution in [2.45, 2.75) is 0 Å². The Hall–Kier alpha value is -2.72. The molecule has 4 heteroatoms. The van der Waals surface area contributed by atoms with E-state index in [1.807, 2.05) is 36.4 Å². The molecule has 0 amide bonds. The maximum Gasteiger partial charge on any atom is 0.201 e. The zero-order valence-electron chi connectivity index (χ0n) is 13.3. The van der Waals surface area contributed by atoms with Crippen LogP contribution in [0.5, 0.6) is 5.75 Å². The molecular formula is C21H15BrO3. The van der Waals surface area contributed by atoms with Gasteiger partial charge in [0.2, 0.25) is 5.78 Å². The van der Waals surface area contributed by atoms with Crippen LogP contribution in [0.25, 0.3) is 0 Å². The third kappa shape index (κ3) is 4.22. The highest BCUT2D eigenvalue weighted by molar-refractivity contribution is 9.10. The monoisotopic (exact) mass is 394 g/mol. The van der Waals surface area contributed by atoms with Crippen molar-refractivity contribution < 1.29 is 14.3 Å². The smallest absolute Gasteiger partial charge is 0.201 e. The van der Waals surface area contributed by atoms with Crippen LogP contribution in [0.3, 0.4) is 0 Å². The minimum absolute atomic E-state index is 0.0450. The number of hydrogen-bond acceptors (Lipinski definition) is 3. The van der Waals surface area contributed by atoms with Gasteiger partial charge in [-0.3, -0.25) is 9.59 Å². The Labute approximate surface area is 154 Å². The van der Waals surface area contributed by atoms with Crippen molar-refractivity contribution in [3.05, 3.63) is 100 Å². The molecular weight excluding hydrogens is 380 g/mol. The first-order chi connectivity index (χ1) is 12.1. The number of rotatable bonds is 6. The summed E-state index contributed by atoms with van der Waals surface area (Å²) in [5.74, 6) is 0.387. The summed E-state index contributed by atoms with van der Waals surface area (Å²) in [6, 6.07) is 23.1. The second-order valence-corrected chi connectivity index (χ2v) is 6.27. The Balaban J connectivity index is 1.64. The molecule has 0 fully saturated rings.